The molecule has 2 atom stereocenters. The number of carbonyl (C=O) groups is 2. The van der Waals surface area contributed by atoms with Crippen LogP contribution in [0.3, 0.4) is 0 Å². The number of carboxylic acids is 1. The number of nitrogens with zero attached hydrogens (tertiary/aromatic N) is 1. The monoisotopic (exact) mass is 284 g/mol. The number of aliphatic carboxylic acids is 1. The van der Waals surface area contributed by atoms with Crippen molar-refractivity contribution in [2.45, 2.75) is 65.5 Å². The van der Waals surface area contributed by atoms with Gasteiger partial charge in [-0.1, -0.05) is 26.7 Å². The van der Waals surface area contributed by atoms with Crippen molar-refractivity contribution in [2.75, 3.05) is 6.54 Å². The number of urea groups is 1. The van der Waals surface area contributed by atoms with Crippen LogP contribution in [-0.2, 0) is 4.79 Å². The normalized spacial score (nSPS) is 18.9. The maximum absolute atomic E-state index is 12.4. The highest BCUT2D eigenvalue weighted by molar-refractivity contribution is 5.77. The molecule has 20 heavy (non-hydrogen) atoms. The molecular weight excluding hydrogens is 256 g/mol. The molecule has 0 spiro atoms. The molecule has 1 rings (SSSR count). The van der Waals surface area contributed by atoms with Gasteiger partial charge in [-0.2, -0.15) is 0 Å². The zero-order valence-electron chi connectivity index (χ0n) is 13.1. The fourth-order valence-corrected chi connectivity index (χ4v) is 2.62. The summed E-state index contributed by atoms with van der Waals surface area (Å²) in [6, 6.07) is -0.174. The first-order valence-electron chi connectivity index (χ1n) is 7.62. The molecule has 0 aromatic carbocycles. The quantitative estimate of drug-likeness (QED) is 0.788. The lowest BCUT2D eigenvalue weighted by Crippen LogP contribution is -2.51. The van der Waals surface area contributed by atoms with Gasteiger partial charge in [-0.15, -0.1) is 0 Å². The number of hydrogen-bond donors (Lipinski definition) is 2. The van der Waals surface area contributed by atoms with Crippen LogP contribution in [0.5, 0.6) is 0 Å². The average molecular weight is 284 g/mol. The molecule has 1 aliphatic rings. The topological polar surface area (TPSA) is 69.6 Å². The Morgan fingerprint density at radius 1 is 1.20 bits per heavy atom. The highest BCUT2D eigenvalue weighted by atomic mass is 16.4. The maximum Gasteiger partial charge on any atom is 0.317 e. The number of nitrogens with one attached hydrogen (secondary N) is 1. The molecular formula is C15H28N2O3. The van der Waals surface area contributed by atoms with E-state index in [9.17, 15) is 9.59 Å². The standard InChI is InChI=1S/C15H28N2O3/c1-10(2)9-17(13-7-5-6-8-13)15(20)16-12(4)11(3)14(18)19/h10-13H,5-9H2,1-4H3,(H,16,20)(H,18,19). The highest BCUT2D eigenvalue weighted by Crippen LogP contribution is 2.24. The first-order chi connectivity index (χ1) is 9.32. The van der Waals surface area contributed by atoms with Crippen LogP contribution < -0.4 is 5.32 Å². The molecule has 5 nitrogen and oxygen atoms in total. The lowest BCUT2D eigenvalue weighted by molar-refractivity contribution is -0.141. The summed E-state index contributed by atoms with van der Waals surface area (Å²) in [5.41, 5.74) is 0. The molecule has 0 radical (unpaired) electrons. The second-order valence-corrected chi connectivity index (χ2v) is 6.35. The van der Waals surface area contributed by atoms with E-state index in [-0.39, 0.29) is 12.1 Å². The predicted molar refractivity (Wildman–Crippen MR) is 78.6 cm³/mol. The van der Waals surface area contributed by atoms with Crippen molar-refractivity contribution in [3.8, 4) is 0 Å². The Hall–Kier alpha value is -1.26. The lowest BCUT2D eigenvalue weighted by atomic mass is 10.0. The van der Waals surface area contributed by atoms with Gasteiger partial charge < -0.3 is 15.3 Å². The van der Waals surface area contributed by atoms with Crippen molar-refractivity contribution in [1.29, 1.82) is 0 Å². The molecule has 116 valence electrons. The van der Waals surface area contributed by atoms with Gasteiger partial charge in [0.05, 0.1) is 5.92 Å². The molecule has 1 saturated carbocycles. The van der Waals surface area contributed by atoms with E-state index in [1.807, 2.05) is 4.90 Å². The molecule has 0 aromatic heterocycles. The SMILES string of the molecule is CC(C)CN(C(=O)NC(C)C(C)C(=O)O)C1CCCC1. The van der Waals surface area contributed by atoms with Crippen LogP contribution in [0.2, 0.25) is 0 Å². The predicted octanol–water partition coefficient (Wildman–Crippen LogP) is 2.71. The molecule has 2 unspecified atom stereocenters. The van der Waals surface area contributed by atoms with Crippen LogP contribution in [0.4, 0.5) is 4.79 Å². The second kappa shape index (κ2) is 7.50. The Morgan fingerprint density at radius 3 is 2.20 bits per heavy atom. The fourth-order valence-electron chi connectivity index (χ4n) is 2.62. The third kappa shape index (κ3) is 4.69. The van der Waals surface area contributed by atoms with Crippen molar-refractivity contribution in [3.05, 3.63) is 0 Å². The third-order valence-electron chi connectivity index (χ3n) is 4.08. The number of carboxylic acid groups (broad SMARTS) is 1. The van der Waals surface area contributed by atoms with Crippen LogP contribution in [0.1, 0.15) is 53.4 Å². The lowest BCUT2D eigenvalue weighted by Gasteiger charge is -2.32. The van der Waals surface area contributed by atoms with Gasteiger partial charge in [0.15, 0.2) is 0 Å². The van der Waals surface area contributed by atoms with E-state index in [1.54, 1.807) is 13.8 Å². The van der Waals surface area contributed by atoms with E-state index >= 15 is 0 Å². The number of rotatable bonds is 6. The van der Waals surface area contributed by atoms with Crippen LogP contribution in [0.25, 0.3) is 0 Å². The summed E-state index contributed by atoms with van der Waals surface area (Å²) in [6.45, 7) is 8.29. The summed E-state index contributed by atoms with van der Waals surface area (Å²) < 4.78 is 0. The van der Waals surface area contributed by atoms with E-state index in [0.29, 0.717) is 12.0 Å². The minimum atomic E-state index is -0.880. The zero-order valence-corrected chi connectivity index (χ0v) is 13.1. The van der Waals surface area contributed by atoms with Gasteiger partial charge in [0, 0.05) is 18.6 Å². The molecule has 1 aliphatic carbocycles. The van der Waals surface area contributed by atoms with E-state index in [4.69, 9.17) is 5.11 Å². The summed E-state index contributed by atoms with van der Waals surface area (Å²) in [7, 11) is 0. The molecule has 0 saturated heterocycles. The Kier molecular flexibility index (Phi) is 6.30. The Bertz CT molecular complexity index is 338. The number of amides is 2. The molecule has 2 N–H and O–H groups in total. The molecule has 1 fully saturated rings. The van der Waals surface area contributed by atoms with Crippen molar-refractivity contribution < 1.29 is 14.7 Å². The summed E-state index contributed by atoms with van der Waals surface area (Å²) in [6.07, 6.45) is 4.47. The summed E-state index contributed by atoms with van der Waals surface area (Å²) in [5, 5.41) is 11.8. The van der Waals surface area contributed by atoms with Crippen molar-refractivity contribution in [2.24, 2.45) is 11.8 Å². The zero-order chi connectivity index (χ0) is 15.3. The van der Waals surface area contributed by atoms with Gasteiger partial charge in [-0.25, -0.2) is 4.79 Å². The minimum Gasteiger partial charge on any atom is -0.481 e. The highest BCUT2D eigenvalue weighted by Gasteiger charge is 2.29. The van der Waals surface area contributed by atoms with E-state index in [0.717, 1.165) is 19.4 Å². The van der Waals surface area contributed by atoms with Crippen LogP contribution in [0.15, 0.2) is 0 Å². The summed E-state index contributed by atoms with van der Waals surface area (Å²) in [4.78, 5) is 25.3. The van der Waals surface area contributed by atoms with Crippen LogP contribution >= 0.6 is 0 Å². The molecule has 0 bridgehead atoms. The van der Waals surface area contributed by atoms with Crippen molar-refractivity contribution in [3.63, 3.8) is 0 Å². The van der Waals surface area contributed by atoms with Gasteiger partial charge in [0.1, 0.15) is 0 Å². The van der Waals surface area contributed by atoms with Crippen LogP contribution in [-0.4, -0.2) is 40.6 Å². The fraction of sp³-hybridized carbons (Fsp3) is 0.867. The van der Waals surface area contributed by atoms with Crippen molar-refractivity contribution in [1.82, 2.24) is 10.2 Å². The van der Waals surface area contributed by atoms with Gasteiger partial charge in [-0.3, -0.25) is 4.79 Å². The molecule has 2 amide bonds. The summed E-state index contributed by atoms with van der Waals surface area (Å²) >= 11 is 0. The average Bonchev–Trinajstić information content (AvgIpc) is 2.87. The van der Waals surface area contributed by atoms with Gasteiger partial charge in [0.2, 0.25) is 0 Å². The van der Waals surface area contributed by atoms with E-state index in [2.05, 4.69) is 19.2 Å². The van der Waals surface area contributed by atoms with Gasteiger partial charge >= 0.3 is 12.0 Å². The number of hydrogen-bond acceptors (Lipinski definition) is 2. The third-order valence-corrected chi connectivity index (χ3v) is 4.08. The Morgan fingerprint density at radius 2 is 1.75 bits per heavy atom. The van der Waals surface area contributed by atoms with Crippen LogP contribution in [0, 0.1) is 11.8 Å². The van der Waals surface area contributed by atoms with E-state index < -0.39 is 11.9 Å². The molecule has 0 heterocycles. The van der Waals surface area contributed by atoms with Crippen molar-refractivity contribution >= 4 is 12.0 Å². The Labute approximate surface area is 121 Å². The number of carbonyl (C=O) groups excluding carboxylic acids is 1. The Balaban J connectivity index is 2.65. The first-order valence-corrected chi connectivity index (χ1v) is 7.62. The smallest absolute Gasteiger partial charge is 0.317 e. The molecule has 5 heteroatoms. The molecule has 0 aliphatic heterocycles. The first kappa shape index (κ1) is 16.8. The van der Waals surface area contributed by atoms with Gasteiger partial charge in [0.25, 0.3) is 0 Å². The minimum absolute atomic E-state index is 0.119. The van der Waals surface area contributed by atoms with Gasteiger partial charge in [-0.05, 0) is 32.6 Å². The summed E-state index contributed by atoms with van der Waals surface area (Å²) in [5.74, 6) is -1.05. The largest absolute Gasteiger partial charge is 0.481 e. The second-order valence-electron chi connectivity index (χ2n) is 6.35. The molecule has 0 aromatic rings. The van der Waals surface area contributed by atoms with E-state index in [1.165, 1.54) is 12.8 Å². The maximum atomic E-state index is 12.4.